The molecule has 1 aromatic rings. The van der Waals surface area contributed by atoms with Crippen molar-refractivity contribution in [3.05, 3.63) is 42.0 Å². The molecular weight excluding hydrogens is 258 g/mol. The molecule has 0 fully saturated rings. The molecule has 20 heavy (non-hydrogen) atoms. The number of quaternary nitrogens is 1. The van der Waals surface area contributed by atoms with Gasteiger partial charge in [0.05, 0.1) is 33.3 Å². The van der Waals surface area contributed by atoms with E-state index in [1.54, 1.807) is 0 Å². The Morgan fingerprint density at radius 2 is 1.65 bits per heavy atom. The van der Waals surface area contributed by atoms with Crippen LogP contribution in [0.4, 0.5) is 0 Å². The number of carboxylic acids is 1. The summed E-state index contributed by atoms with van der Waals surface area (Å²) in [5, 5.41) is 27.0. The lowest BCUT2D eigenvalue weighted by molar-refractivity contribution is -0.890. The minimum Gasteiger partial charge on any atom is -0.545 e. The maximum Gasteiger partial charge on any atom is 0.102 e. The van der Waals surface area contributed by atoms with Crippen LogP contribution < -0.4 is 5.11 Å². The summed E-state index contributed by atoms with van der Waals surface area (Å²) in [4.78, 5) is 9.97. The van der Waals surface area contributed by atoms with Crippen LogP contribution in [0.15, 0.2) is 36.4 Å². The first-order valence-corrected chi connectivity index (χ1v) is 6.39. The Kier molecular flexibility index (Phi) is 9.28. The third-order valence-corrected chi connectivity index (χ3v) is 2.62. The SMILES string of the molecule is C[N+](C)(CCO)CCO.O=C([O-])C=Cc1ccccc1. The number of hydrogen-bond donors (Lipinski definition) is 2. The molecule has 0 atom stereocenters. The summed E-state index contributed by atoms with van der Waals surface area (Å²) in [5.74, 6) is -1.17. The van der Waals surface area contributed by atoms with Gasteiger partial charge >= 0.3 is 0 Å². The summed E-state index contributed by atoms with van der Waals surface area (Å²) < 4.78 is 0.688. The molecule has 0 aliphatic carbocycles. The van der Waals surface area contributed by atoms with Crippen molar-refractivity contribution in [3.8, 4) is 0 Å². The summed E-state index contributed by atoms with van der Waals surface area (Å²) in [6.45, 7) is 1.79. The molecule has 5 heteroatoms. The minimum atomic E-state index is -1.17. The van der Waals surface area contributed by atoms with E-state index in [-0.39, 0.29) is 13.2 Å². The number of rotatable bonds is 6. The largest absolute Gasteiger partial charge is 0.545 e. The number of benzene rings is 1. The van der Waals surface area contributed by atoms with E-state index in [0.29, 0.717) is 17.6 Å². The number of carbonyl (C=O) groups is 1. The zero-order chi connectivity index (χ0) is 15.4. The average molecular weight is 281 g/mol. The first-order valence-electron chi connectivity index (χ1n) is 6.39. The van der Waals surface area contributed by atoms with Gasteiger partial charge in [-0.15, -0.1) is 0 Å². The fourth-order valence-electron chi connectivity index (χ4n) is 1.38. The molecule has 0 aliphatic rings. The molecule has 5 nitrogen and oxygen atoms in total. The topological polar surface area (TPSA) is 80.6 Å². The summed E-state index contributed by atoms with van der Waals surface area (Å²) in [6, 6.07) is 9.19. The van der Waals surface area contributed by atoms with Crippen LogP contribution in [0, 0.1) is 0 Å². The van der Waals surface area contributed by atoms with E-state index in [4.69, 9.17) is 10.2 Å². The monoisotopic (exact) mass is 281 g/mol. The molecule has 0 aromatic heterocycles. The maximum atomic E-state index is 9.97. The molecule has 0 saturated carbocycles. The normalized spacial score (nSPS) is 11.0. The number of nitrogens with zero attached hydrogens (tertiary/aromatic N) is 1. The van der Waals surface area contributed by atoms with Crippen LogP contribution in [0.1, 0.15) is 5.56 Å². The van der Waals surface area contributed by atoms with Crippen molar-refractivity contribution in [1.82, 2.24) is 0 Å². The van der Waals surface area contributed by atoms with Gasteiger partial charge in [0.1, 0.15) is 13.1 Å². The molecule has 2 N–H and O–H groups in total. The predicted octanol–water partition coefficient (Wildman–Crippen LogP) is -0.503. The summed E-state index contributed by atoms with van der Waals surface area (Å²) in [7, 11) is 3.96. The van der Waals surface area contributed by atoms with Gasteiger partial charge in [-0.1, -0.05) is 36.4 Å². The van der Waals surface area contributed by atoms with Gasteiger partial charge in [-0.3, -0.25) is 0 Å². The third-order valence-electron chi connectivity index (χ3n) is 2.62. The van der Waals surface area contributed by atoms with E-state index >= 15 is 0 Å². The van der Waals surface area contributed by atoms with Gasteiger partial charge in [-0.25, -0.2) is 0 Å². The number of hydrogen-bond acceptors (Lipinski definition) is 4. The Morgan fingerprint density at radius 1 is 1.15 bits per heavy atom. The zero-order valence-corrected chi connectivity index (χ0v) is 12.0. The Hall–Kier alpha value is -1.69. The van der Waals surface area contributed by atoms with Gasteiger partial charge in [0.2, 0.25) is 0 Å². The molecule has 1 rings (SSSR count). The number of likely N-dealkylation sites (N-methyl/N-ethyl adjacent to an activating group) is 1. The Balaban J connectivity index is 0.000000370. The van der Waals surface area contributed by atoms with Crippen molar-refractivity contribution >= 4 is 12.0 Å². The molecule has 0 radical (unpaired) electrons. The molecule has 0 bridgehead atoms. The van der Waals surface area contributed by atoms with Crippen molar-refractivity contribution in [1.29, 1.82) is 0 Å². The molecule has 1 aromatic carbocycles. The summed E-state index contributed by atoms with van der Waals surface area (Å²) in [5.41, 5.74) is 0.858. The quantitative estimate of drug-likeness (QED) is 0.544. The van der Waals surface area contributed by atoms with Gasteiger partial charge in [-0.2, -0.15) is 0 Å². The number of aliphatic carboxylic acids is 1. The van der Waals surface area contributed by atoms with Crippen LogP contribution in [0.25, 0.3) is 6.08 Å². The minimum absolute atomic E-state index is 0.188. The molecule has 0 amide bonds. The highest BCUT2D eigenvalue weighted by Crippen LogP contribution is 1.99. The number of aliphatic hydroxyl groups excluding tert-OH is 2. The lowest BCUT2D eigenvalue weighted by Gasteiger charge is -2.27. The van der Waals surface area contributed by atoms with Crippen molar-refractivity contribution in [3.63, 3.8) is 0 Å². The van der Waals surface area contributed by atoms with E-state index in [9.17, 15) is 9.90 Å². The number of carboxylic acid groups (broad SMARTS) is 1. The van der Waals surface area contributed by atoms with Crippen molar-refractivity contribution < 1.29 is 24.6 Å². The molecule has 0 saturated heterocycles. The van der Waals surface area contributed by atoms with Crippen molar-refractivity contribution in [2.24, 2.45) is 0 Å². The lowest BCUT2D eigenvalue weighted by Crippen LogP contribution is -2.43. The Labute approximate surface area is 120 Å². The van der Waals surface area contributed by atoms with E-state index in [0.717, 1.165) is 11.6 Å². The molecule has 0 heterocycles. The lowest BCUT2D eigenvalue weighted by atomic mass is 10.2. The smallest absolute Gasteiger partial charge is 0.102 e. The second-order valence-corrected chi connectivity index (χ2v) is 4.89. The zero-order valence-electron chi connectivity index (χ0n) is 12.0. The van der Waals surface area contributed by atoms with Gasteiger partial charge in [0, 0.05) is 0 Å². The first-order chi connectivity index (χ1) is 9.41. The maximum absolute atomic E-state index is 9.97. The van der Waals surface area contributed by atoms with Crippen LogP contribution in [-0.4, -0.2) is 61.1 Å². The van der Waals surface area contributed by atoms with Crippen molar-refractivity contribution in [2.45, 2.75) is 0 Å². The first kappa shape index (κ1) is 18.3. The van der Waals surface area contributed by atoms with E-state index in [1.807, 2.05) is 44.4 Å². The summed E-state index contributed by atoms with van der Waals surface area (Å²) >= 11 is 0. The third kappa shape index (κ3) is 10.3. The molecular formula is C15H23NO4. The second-order valence-electron chi connectivity index (χ2n) is 4.89. The van der Waals surface area contributed by atoms with Crippen molar-refractivity contribution in [2.75, 3.05) is 40.4 Å². The van der Waals surface area contributed by atoms with Crippen LogP contribution in [0.3, 0.4) is 0 Å². The van der Waals surface area contributed by atoms with Gasteiger partial charge in [0.25, 0.3) is 0 Å². The van der Waals surface area contributed by atoms with Crippen LogP contribution in [0.2, 0.25) is 0 Å². The van der Waals surface area contributed by atoms with Gasteiger partial charge < -0.3 is 24.6 Å². The molecule has 112 valence electrons. The molecule has 0 unspecified atom stereocenters. The summed E-state index contributed by atoms with van der Waals surface area (Å²) in [6.07, 6.45) is 2.50. The number of aliphatic hydroxyl groups is 2. The van der Waals surface area contributed by atoms with Crippen LogP contribution in [0.5, 0.6) is 0 Å². The van der Waals surface area contributed by atoms with Crippen LogP contribution >= 0.6 is 0 Å². The fraction of sp³-hybridized carbons (Fsp3) is 0.400. The fourth-order valence-corrected chi connectivity index (χ4v) is 1.38. The Bertz CT molecular complexity index is 394. The highest BCUT2D eigenvalue weighted by molar-refractivity contribution is 5.83. The molecule has 0 aliphatic heterocycles. The predicted molar refractivity (Wildman–Crippen MR) is 76.5 cm³/mol. The second kappa shape index (κ2) is 10.1. The number of carbonyl (C=O) groups excluding carboxylic acids is 1. The standard InChI is InChI=1S/C9H8O2.C6H16NO2/c10-9(11)7-6-8-4-2-1-3-5-8;1-7(2,3-5-8)4-6-9/h1-7H,(H,10,11);8-9H,3-6H2,1-2H3/q;+1/p-1. The Morgan fingerprint density at radius 3 is 2.05 bits per heavy atom. The van der Waals surface area contributed by atoms with E-state index in [1.165, 1.54) is 6.08 Å². The van der Waals surface area contributed by atoms with Gasteiger partial charge in [-0.05, 0) is 11.6 Å². The average Bonchev–Trinajstić information content (AvgIpc) is 2.38. The molecule has 0 spiro atoms. The highest BCUT2D eigenvalue weighted by Gasteiger charge is 2.11. The van der Waals surface area contributed by atoms with E-state index < -0.39 is 5.97 Å². The van der Waals surface area contributed by atoms with Gasteiger partial charge in [0.15, 0.2) is 0 Å². The van der Waals surface area contributed by atoms with E-state index in [2.05, 4.69) is 0 Å². The highest BCUT2D eigenvalue weighted by atomic mass is 16.4. The van der Waals surface area contributed by atoms with Crippen LogP contribution in [-0.2, 0) is 4.79 Å².